The maximum absolute atomic E-state index is 12.3. The molecule has 0 saturated heterocycles. The van der Waals surface area contributed by atoms with Crippen molar-refractivity contribution in [1.29, 1.82) is 0 Å². The standard InChI is InChI=1S/C18H23N3O2S/c1-13(17(22)19-15-10-6-3-7-11-15)24-18-21-20-16(23-18)12-14-8-4-2-5-9-14/h2,4-5,8-9,13,15H,3,6-7,10-12H2,1H3,(H,19,22)/t13-/m0/s1. The third-order valence-electron chi connectivity index (χ3n) is 4.24. The summed E-state index contributed by atoms with van der Waals surface area (Å²) in [5, 5.41) is 11.5. The molecule has 0 spiro atoms. The van der Waals surface area contributed by atoms with E-state index >= 15 is 0 Å². The first kappa shape index (κ1) is 17.0. The maximum atomic E-state index is 12.3. The quantitative estimate of drug-likeness (QED) is 0.810. The molecule has 0 unspecified atom stereocenters. The van der Waals surface area contributed by atoms with Gasteiger partial charge in [0.15, 0.2) is 0 Å². The van der Waals surface area contributed by atoms with Gasteiger partial charge in [-0.3, -0.25) is 4.79 Å². The van der Waals surface area contributed by atoms with E-state index in [9.17, 15) is 4.79 Å². The molecule has 0 bridgehead atoms. The minimum Gasteiger partial charge on any atom is -0.416 e. The molecule has 1 aromatic heterocycles. The zero-order valence-electron chi connectivity index (χ0n) is 13.9. The molecule has 0 radical (unpaired) electrons. The first-order valence-electron chi connectivity index (χ1n) is 8.54. The lowest BCUT2D eigenvalue weighted by Crippen LogP contribution is -2.40. The summed E-state index contributed by atoms with van der Waals surface area (Å²) in [5.41, 5.74) is 1.13. The SMILES string of the molecule is C[C@H](Sc1nnc(Cc2ccccc2)o1)C(=O)NC1CCCCC1. The van der Waals surface area contributed by atoms with Crippen LogP contribution in [0.5, 0.6) is 0 Å². The number of hydrogen-bond acceptors (Lipinski definition) is 5. The molecule has 1 atom stereocenters. The van der Waals surface area contributed by atoms with Crippen LogP contribution in [0.2, 0.25) is 0 Å². The van der Waals surface area contributed by atoms with E-state index in [0.29, 0.717) is 23.6 Å². The van der Waals surface area contributed by atoms with Crippen molar-refractivity contribution in [3.63, 3.8) is 0 Å². The van der Waals surface area contributed by atoms with Gasteiger partial charge in [0.1, 0.15) is 0 Å². The Hall–Kier alpha value is -1.82. The van der Waals surface area contributed by atoms with Crippen LogP contribution in [-0.2, 0) is 11.2 Å². The molecule has 1 saturated carbocycles. The van der Waals surface area contributed by atoms with E-state index in [4.69, 9.17) is 4.42 Å². The lowest BCUT2D eigenvalue weighted by atomic mass is 9.95. The number of carbonyl (C=O) groups excluding carboxylic acids is 1. The van der Waals surface area contributed by atoms with Gasteiger partial charge in [0.2, 0.25) is 11.8 Å². The highest BCUT2D eigenvalue weighted by Crippen LogP contribution is 2.24. The molecule has 1 heterocycles. The molecular formula is C18H23N3O2S. The predicted octanol–water partition coefficient (Wildman–Crippen LogP) is 3.59. The van der Waals surface area contributed by atoms with Crippen molar-refractivity contribution >= 4 is 17.7 Å². The third kappa shape index (κ3) is 4.84. The van der Waals surface area contributed by atoms with E-state index in [1.165, 1.54) is 31.0 Å². The van der Waals surface area contributed by atoms with Crippen LogP contribution in [-0.4, -0.2) is 27.4 Å². The molecule has 6 heteroatoms. The van der Waals surface area contributed by atoms with Crippen LogP contribution in [0.25, 0.3) is 0 Å². The van der Waals surface area contributed by atoms with Gasteiger partial charge in [-0.2, -0.15) is 0 Å². The van der Waals surface area contributed by atoms with E-state index in [1.54, 1.807) is 0 Å². The summed E-state index contributed by atoms with van der Waals surface area (Å²) in [5.74, 6) is 0.623. The average Bonchev–Trinajstić information content (AvgIpc) is 3.03. The second kappa shape index (κ2) is 8.33. The van der Waals surface area contributed by atoms with Crippen molar-refractivity contribution in [2.24, 2.45) is 0 Å². The topological polar surface area (TPSA) is 68.0 Å². The summed E-state index contributed by atoms with van der Waals surface area (Å²) >= 11 is 1.32. The van der Waals surface area contributed by atoms with Crippen molar-refractivity contribution in [3.8, 4) is 0 Å². The second-order valence-corrected chi connectivity index (χ2v) is 7.52. The zero-order chi connectivity index (χ0) is 16.8. The molecule has 24 heavy (non-hydrogen) atoms. The zero-order valence-corrected chi connectivity index (χ0v) is 14.7. The molecule has 1 aliphatic carbocycles. The number of benzene rings is 1. The summed E-state index contributed by atoms with van der Waals surface area (Å²) in [6, 6.07) is 10.3. The highest BCUT2D eigenvalue weighted by Gasteiger charge is 2.22. The number of carbonyl (C=O) groups is 1. The number of rotatable bonds is 6. The summed E-state index contributed by atoms with van der Waals surface area (Å²) < 4.78 is 5.66. The Labute approximate surface area is 146 Å². The first-order valence-corrected chi connectivity index (χ1v) is 9.42. The Bertz CT molecular complexity index is 653. The Kier molecular flexibility index (Phi) is 5.91. The van der Waals surface area contributed by atoms with Gasteiger partial charge in [-0.05, 0) is 25.3 Å². The van der Waals surface area contributed by atoms with E-state index in [-0.39, 0.29) is 11.2 Å². The molecular weight excluding hydrogens is 322 g/mol. The minimum atomic E-state index is -0.239. The summed E-state index contributed by atoms with van der Waals surface area (Å²) in [6.07, 6.45) is 6.48. The number of thioether (sulfide) groups is 1. The van der Waals surface area contributed by atoms with Gasteiger partial charge < -0.3 is 9.73 Å². The van der Waals surface area contributed by atoms with Crippen molar-refractivity contribution in [1.82, 2.24) is 15.5 Å². The van der Waals surface area contributed by atoms with E-state index in [2.05, 4.69) is 15.5 Å². The van der Waals surface area contributed by atoms with Crippen LogP contribution in [0.3, 0.4) is 0 Å². The Balaban J connectivity index is 1.51. The van der Waals surface area contributed by atoms with Gasteiger partial charge in [-0.25, -0.2) is 0 Å². The Morgan fingerprint density at radius 2 is 2.00 bits per heavy atom. The van der Waals surface area contributed by atoms with E-state index < -0.39 is 0 Å². The normalized spacial score (nSPS) is 16.7. The lowest BCUT2D eigenvalue weighted by Gasteiger charge is -2.23. The van der Waals surface area contributed by atoms with Gasteiger partial charge in [0.05, 0.1) is 11.7 Å². The first-order chi connectivity index (χ1) is 11.7. The van der Waals surface area contributed by atoms with Crippen LogP contribution in [0, 0.1) is 0 Å². The van der Waals surface area contributed by atoms with E-state index in [0.717, 1.165) is 18.4 Å². The summed E-state index contributed by atoms with van der Waals surface area (Å²) in [4.78, 5) is 12.3. The monoisotopic (exact) mass is 345 g/mol. The largest absolute Gasteiger partial charge is 0.416 e. The average molecular weight is 345 g/mol. The molecule has 128 valence electrons. The number of nitrogens with zero attached hydrogens (tertiary/aromatic N) is 2. The van der Waals surface area contributed by atoms with Crippen molar-refractivity contribution in [2.45, 2.75) is 62.0 Å². The number of hydrogen-bond donors (Lipinski definition) is 1. The lowest BCUT2D eigenvalue weighted by molar-refractivity contribution is -0.121. The second-order valence-electron chi connectivity index (χ2n) is 6.23. The predicted molar refractivity (Wildman–Crippen MR) is 93.9 cm³/mol. The molecule has 5 nitrogen and oxygen atoms in total. The van der Waals surface area contributed by atoms with Crippen LogP contribution >= 0.6 is 11.8 Å². The van der Waals surface area contributed by atoms with Crippen LogP contribution in [0.1, 0.15) is 50.5 Å². The molecule has 2 aromatic rings. The Morgan fingerprint density at radius 3 is 2.75 bits per heavy atom. The van der Waals surface area contributed by atoms with Gasteiger partial charge in [-0.15, -0.1) is 10.2 Å². The fourth-order valence-corrected chi connectivity index (χ4v) is 3.61. The smallest absolute Gasteiger partial charge is 0.277 e. The number of nitrogens with one attached hydrogen (secondary N) is 1. The molecule has 1 fully saturated rings. The van der Waals surface area contributed by atoms with Gasteiger partial charge in [-0.1, -0.05) is 61.4 Å². The maximum Gasteiger partial charge on any atom is 0.277 e. The van der Waals surface area contributed by atoms with Crippen molar-refractivity contribution < 1.29 is 9.21 Å². The van der Waals surface area contributed by atoms with E-state index in [1.807, 2.05) is 37.3 Å². The van der Waals surface area contributed by atoms with Crippen LogP contribution < -0.4 is 5.32 Å². The molecule has 1 aromatic carbocycles. The molecule has 1 N–H and O–H groups in total. The van der Waals surface area contributed by atoms with Crippen LogP contribution in [0.15, 0.2) is 40.0 Å². The molecule has 3 rings (SSSR count). The van der Waals surface area contributed by atoms with Crippen molar-refractivity contribution in [3.05, 3.63) is 41.8 Å². The third-order valence-corrected chi connectivity index (χ3v) is 5.18. The van der Waals surface area contributed by atoms with Gasteiger partial charge in [0.25, 0.3) is 5.22 Å². The van der Waals surface area contributed by atoms with Gasteiger partial charge in [0, 0.05) is 6.04 Å². The summed E-state index contributed by atoms with van der Waals surface area (Å²) in [6.45, 7) is 1.88. The highest BCUT2D eigenvalue weighted by molar-refractivity contribution is 8.00. The molecule has 0 aliphatic heterocycles. The highest BCUT2D eigenvalue weighted by atomic mass is 32.2. The van der Waals surface area contributed by atoms with Crippen molar-refractivity contribution in [2.75, 3.05) is 0 Å². The minimum absolute atomic E-state index is 0.0507. The fraction of sp³-hybridized carbons (Fsp3) is 0.500. The Morgan fingerprint density at radius 1 is 1.25 bits per heavy atom. The fourth-order valence-electron chi connectivity index (χ4n) is 2.90. The number of aromatic nitrogens is 2. The van der Waals surface area contributed by atoms with Gasteiger partial charge >= 0.3 is 0 Å². The number of amides is 1. The summed E-state index contributed by atoms with van der Waals surface area (Å²) in [7, 11) is 0. The molecule has 1 amide bonds. The molecule has 1 aliphatic rings. The van der Waals surface area contributed by atoms with Crippen LogP contribution in [0.4, 0.5) is 0 Å².